The topological polar surface area (TPSA) is 36.9 Å². The molecule has 3 aliphatic rings. The van der Waals surface area contributed by atoms with Gasteiger partial charge in [0, 0.05) is 36.5 Å². The maximum absolute atomic E-state index is 6.06. The normalized spacial score (nSPS) is 34.2. The van der Waals surface area contributed by atoms with Gasteiger partial charge in [-0.2, -0.15) is 0 Å². The second-order valence-electron chi connectivity index (χ2n) is 8.30. The molecule has 116 valence electrons. The largest absolute Gasteiger partial charge is 0.349 e. The summed E-state index contributed by atoms with van der Waals surface area (Å²) in [5.74, 6) is -0.777. The Morgan fingerprint density at radius 2 is 0.750 bits per heavy atom. The van der Waals surface area contributed by atoms with Gasteiger partial charge in [-0.1, -0.05) is 27.7 Å². The first-order valence-electron chi connectivity index (χ1n) is 7.80. The number of hydrogen-bond donors (Lipinski definition) is 0. The minimum atomic E-state index is -0.388. The lowest BCUT2D eigenvalue weighted by molar-refractivity contribution is -0.363. The summed E-state index contributed by atoms with van der Waals surface area (Å²) in [6.45, 7) is 11.8. The molecule has 4 heteroatoms. The highest BCUT2D eigenvalue weighted by molar-refractivity contribution is 4.91. The summed E-state index contributed by atoms with van der Waals surface area (Å²) in [5, 5.41) is 0. The van der Waals surface area contributed by atoms with Gasteiger partial charge in [-0.25, -0.2) is 0 Å². The van der Waals surface area contributed by atoms with Gasteiger partial charge in [0.1, 0.15) is 0 Å². The van der Waals surface area contributed by atoms with Crippen LogP contribution in [-0.4, -0.2) is 38.0 Å². The second-order valence-corrected chi connectivity index (χ2v) is 8.30. The molecule has 2 aliphatic heterocycles. The van der Waals surface area contributed by atoms with E-state index in [1.54, 1.807) is 0 Å². The fraction of sp³-hybridized carbons (Fsp3) is 1.00. The van der Waals surface area contributed by atoms with Gasteiger partial charge < -0.3 is 18.9 Å². The van der Waals surface area contributed by atoms with Crippen molar-refractivity contribution in [2.45, 2.75) is 65.0 Å². The number of rotatable bonds is 0. The highest BCUT2D eigenvalue weighted by atomic mass is 16.7. The van der Waals surface area contributed by atoms with Crippen molar-refractivity contribution < 1.29 is 18.9 Å². The molecule has 1 aliphatic carbocycles. The molecule has 0 amide bonds. The first kappa shape index (κ1) is 14.8. The molecule has 0 atom stereocenters. The monoisotopic (exact) mass is 284 g/mol. The molecule has 0 radical (unpaired) electrons. The minimum absolute atomic E-state index is 0.127. The van der Waals surface area contributed by atoms with Crippen LogP contribution in [-0.2, 0) is 18.9 Å². The van der Waals surface area contributed by atoms with E-state index in [0.29, 0.717) is 0 Å². The van der Waals surface area contributed by atoms with Crippen molar-refractivity contribution in [1.29, 1.82) is 0 Å². The maximum atomic E-state index is 6.06. The lowest BCUT2D eigenvalue weighted by atomic mass is 9.84. The van der Waals surface area contributed by atoms with Gasteiger partial charge in [0.15, 0.2) is 11.6 Å². The molecular formula is C16H28O4. The summed E-state index contributed by atoms with van der Waals surface area (Å²) in [7, 11) is 0. The predicted molar refractivity (Wildman–Crippen MR) is 75.3 cm³/mol. The van der Waals surface area contributed by atoms with Crippen LogP contribution in [0.2, 0.25) is 0 Å². The molecule has 4 nitrogen and oxygen atoms in total. The van der Waals surface area contributed by atoms with Crippen molar-refractivity contribution in [2.24, 2.45) is 10.8 Å². The van der Waals surface area contributed by atoms with Crippen LogP contribution in [0.3, 0.4) is 0 Å². The standard InChI is InChI=1S/C16H28O4/c1-13(2)9-17-15(18-10-13)5-7-16(8-6-15)19-11-14(3,4)12-20-16/h5-12H2,1-4H3. The van der Waals surface area contributed by atoms with Crippen molar-refractivity contribution in [3.05, 3.63) is 0 Å². The quantitative estimate of drug-likeness (QED) is 0.685. The summed E-state index contributed by atoms with van der Waals surface area (Å²) < 4.78 is 24.3. The smallest absolute Gasteiger partial charge is 0.168 e. The van der Waals surface area contributed by atoms with E-state index in [-0.39, 0.29) is 22.4 Å². The highest BCUT2D eigenvalue weighted by Crippen LogP contribution is 2.46. The molecule has 2 spiro atoms. The third-order valence-corrected chi connectivity index (χ3v) is 4.68. The Morgan fingerprint density at radius 3 is 1.00 bits per heavy atom. The molecule has 0 aromatic carbocycles. The molecule has 0 unspecified atom stereocenters. The highest BCUT2D eigenvalue weighted by Gasteiger charge is 2.51. The summed E-state index contributed by atoms with van der Waals surface area (Å²) in [4.78, 5) is 0. The molecule has 2 heterocycles. The van der Waals surface area contributed by atoms with Crippen LogP contribution in [0.15, 0.2) is 0 Å². The van der Waals surface area contributed by atoms with Gasteiger partial charge in [-0.05, 0) is 0 Å². The summed E-state index contributed by atoms with van der Waals surface area (Å²) >= 11 is 0. The third-order valence-electron chi connectivity index (χ3n) is 4.68. The Kier molecular flexibility index (Phi) is 3.45. The first-order chi connectivity index (χ1) is 9.24. The molecule has 2 saturated heterocycles. The van der Waals surface area contributed by atoms with Crippen LogP contribution in [0.5, 0.6) is 0 Å². The Morgan fingerprint density at radius 1 is 0.500 bits per heavy atom. The van der Waals surface area contributed by atoms with Crippen LogP contribution in [0, 0.1) is 10.8 Å². The average Bonchev–Trinajstić information content (AvgIpc) is 2.41. The Hall–Kier alpha value is -0.160. The average molecular weight is 284 g/mol. The van der Waals surface area contributed by atoms with Gasteiger partial charge in [0.2, 0.25) is 0 Å². The van der Waals surface area contributed by atoms with Crippen molar-refractivity contribution in [3.8, 4) is 0 Å². The van der Waals surface area contributed by atoms with E-state index in [1.165, 1.54) is 0 Å². The van der Waals surface area contributed by atoms with E-state index in [9.17, 15) is 0 Å². The lowest BCUT2D eigenvalue weighted by Crippen LogP contribution is -2.56. The summed E-state index contributed by atoms with van der Waals surface area (Å²) in [5.41, 5.74) is 0.254. The summed E-state index contributed by atoms with van der Waals surface area (Å²) in [6.07, 6.45) is 3.46. The minimum Gasteiger partial charge on any atom is -0.349 e. The molecule has 3 rings (SSSR count). The molecule has 0 aromatic heterocycles. The zero-order chi connectivity index (χ0) is 14.5. The molecule has 0 aromatic rings. The Balaban J connectivity index is 1.58. The number of ether oxygens (including phenoxy) is 4. The molecule has 0 bridgehead atoms. The van der Waals surface area contributed by atoms with Gasteiger partial charge in [-0.3, -0.25) is 0 Å². The lowest BCUT2D eigenvalue weighted by Gasteiger charge is -2.52. The van der Waals surface area contributed by atoms with E-state index in [0.717, 1.165) is 52.1 Å². The van der Waals surface area contributed by atoms with E-state index >= 15 is 0 Å². The first-order valence-corrected chi connectivity index (χ1v) is 7.80. The van der Waals surface area contributed by atoms with Crippen molar-refractivity contribution in [1.82, 2.24) is 0 Å². The van der Waals surface area contributed by atoms with Crippen molar-refractivity contribution >= 4 is 0 Å². The van der Waals surface area contributed by atoms with Crippen LogP contribution >= 0.6 is 0 Å². The van der Waals surface area contributed by atoms with Crippen LogP contribution in [0.25, 0.3) is 0 Å². The van der Waals surface area contributed by atoms with Gasteiger partial charge >= 0.3 is 0 Å². The fourth-order valence-electron chi connectivity index (χ4n) is 3.06. The van der Waals surface area contributed by atoms with E-state index in [2.05, 4.69) is 27.7 Å². The van der Waals surface area contributed by atoms with Crippen LogP contribution in [0.1, 0.15) is 53.4 Å². The SMILES string of the molecule is CC1(C)COC2(CCC3(CC2)OCC(C)(C)CO3)OC1. The molecular weight excluding hydrogens is 256 g/mol. The second kappa shape index (κ2) is 4.67. The third kappa shape index (κ3) is 2.89. The maximum Gasteiger partial charge on any atom is 0.168 e. The number of hydrogen-bond acceptors (Lipinski definition) is 4. The molecule has 1 saturated carbocycles. The van der Waals surface area contributed by atoms with E-state index in [1.807, 2.05) is 0 Å². The van der Waals surface area contributed by atoms with Gasteiger partial charge in [0.25, 0.3) is 0 Å². The summed E-state index contributed by atoms with van der Waals surface area (Å²) in [6, 6.07) is 0. The fourth-order valence-corrected chi connectivity index (χ4v) is 3.06. The Labute approximate surface area is 122 Å². The van der Waals surface area contributed by atoms with Crippen LogP contribution in [0.4, 0.5) is 0 Å². The molecule has 20 heavy (non-hydrogen) atoms. The zero-order valence-electron chi connectivity index (χ0n) is 13.3. The van der Waals surface area contributed by atoms with Crippen molar-refractivity contribution in [3.63, 3.8) is 0 Å². The Bertz CT molecular complexity index is 307. The van der Waals surface area contributed by atoms with Crippen LogP contribution < -0.4 is 0 Å². The van der Waals surface area contributed by atoms with E-state index < -0.39 is 0 Å². The predicted octanol–water partition coefficient (Wildman–Crippen LogP) is 3.10. The van der Waals surface area contributed by atoms with Gasteiger partial charge in [-0.15, -0.1) is 0 Å². The molecule has 0 N–H and O–H groups in total. The molecule has 3 fully saturated rings. The zero-order valence-corrected chi connectivity index (χ0v) is 13.3. The van der Waals surface area contributed by atoms with E-state index in [4.69, 9.17) is 18.9 Å². The van der Waals surface area contributed by atoms with Crippen molar-refractivity contribution in [2.75, 3.05) is 26.4 Å². The van der Waals surface area contributed by atoms with Gasteiger partial charge in [0.05, 0.1) is 26.4 Å².